The highest BCUT2D eigenvalue weighted by molar-refractivity contribution is 7.10. The van der Waals surface area contributed by atoms with Crippen LogP contribution in [0.2, 0.25) is 5.02 Å². The van der Waals surface area contributed by atoms with Crippen molar-refractivity contribution in [3.8, 4) is 0 Å². The molecular weight excluding hydrogens is 535 g/mol. The molecular formula is C36H30BClN2Si. The predicted molar refractivity (Wildman–Crippen MR) is 179 cm³/mol. The van der Waals surface area contributed by atoms with Crippen LogP contribution in [0.5, 0.6) is 0 Å². The lowest BCUT2D eigenvalue weighted by atomic mass is 9.65. The Bertz CT molecular complexity index is 1700. The number of aromatic nitrogens is 2. The maximum Gasteiger partial charge on any atom is 0.239 e. The fraction of sp³-hybridized carbons (Fsp3) is 0.0278. The Morgan fingerprint density at radius 3 is 1.85 bits per heavy atom. The van der Waals surface area contributed by atoms with Gasteiger partial charge in [0.2, 0.25) is 7.28 Å². The minimum absolute atomic E-state index is 0.718. The first-order valence-electron chi connectivity index (χ1n) is 13.9. The Hall–Kier alpha value is -4.38. The van der Waals surface area contributed by atoms with E-state index in [1.54, 1.807) is 0 Å². The molecule has 0 radical (unpaired) electrons. The standard InChI is InChI=1S/C36H30BClN2Si/c38-31-18-13-23-34(27-31)41(32-19-9-3-10-20-32,33-21-11-4-12-22-33)28-40-25-24-39-36(40)37-35(30-16-7-2-8-17-30)26-29-14-5-1-6-15-29/h1-27,37H,28H2. The third kappa shape index (κ3) is 5.90. The van der Waals surface area contributed by atoms with Gasteiger partial charge in [-0.1, -0.05) is 157 Å². The second-order valence-corrected chi connectivity index (χ2v) is 14.5. The van der Waals surface area contributed by atoms with Crippen LogP contribution in [0.25, 0.3) is 11.5 Å². The maximum atomic E-state index is 6.65. The van der Waals surface area contributed by atoms with Gasteiger partial charge in [0, 0.05) is 23.6 Å². The monoisotopic (exact) mass is 564 g/mol. The van der Waals surface area contributed by atoms with E-state index in [4.69, 9.17) is 16.6 Å². The summed E-state index contributed by atoms with van der Waals surface area (Å²) in [5.74, 6) is 0. The number of halogens is 1. The van der Waals surface area contributed by atoms with Crippen LogP contribution >= 0.6 is 11.6 Å². The summed E-state index contributed by atoms with van der Waals surface area (Å²) < 4.78 is 2.37. The first-order valence-corrected chi connectivity index (χ1v) is 16.5. The van der Waals surface area contributed by atoms with E-state index in [1.807, 2.05) is 12.3 Å². The molecule has 0 bridgehead atoms. The Labute approximate surface area is 248 Å². The number of rotatable bonds is 9. The fourth-order valence-corrected chi connectivity index (χ4v) is 10.6. The molecule has 6 rings (SSSR count). The van der Waals surface area contributed by atoms with Gasteiger partial charge in [-0.05, 0) is 38.8 Å². The molecule has 0 spiro atoms. The zero-order valence-electron chi connectivity index (χ0n) is 22.8. The SMILES string of the molecule is Clc1cccc([Si](Cn2ccnc2BC(=Cc2ccccc2)c2ccccc2)(c2ccccc2)c2ccccc2)c1. The first kappa shape index (κ1) is 26.8. The van der Waals surface area contributed by atoms with Gasteiger partial charge in [-0.15, -0.1) is 0 Å². The highest BCUT2D eigenvalue weighted by Crippen LogP contribution is 2.18. The average Bonchev–Trinajstić information content (AvgIpc) is 3.47. The summed E-state index contributed by atoms with van der Waals surface area (Å²) in [6, 6.07) is 51.5. The van der Waals surface area contributed by atoms with Gasteiger partial charge in [-0.25, -0.2) is 0 Å². The zero-order valence-corrected chi connectivity index (χ0v) is 24.5. The summed E-state index contributed by atoms with van der Waals surface area (Å²) in [6.45, 7) is 0. The smallest absolute Gasteiger partial charge is 0.239 e. The molecule has 1 heterocycles. The topological polar surface area (TPSA) is 17.8 Å². The van der Waals surface area contributed by atoms with Crippen LogP contribution < -0.4 is 21.3 Å². The molecule has 0 saturated carbocycles. The molecule has 0 unspecified atom stereocenters. The lowest BCUT2D eigenvalue weighted by Gasteiger charge is -2.34. The van der Waals surface area contributed by atoms with Crippen molar-refractivity contribution >= 4 is 59.8 Å². The van der Waals surface area contributed by atoms with Gasteiger partial charge in [0.25, 0.3) is 0 Å². The molecule has 0 saturated heterocycles. The van der Waals surface area contributed by atoms with Crippen LogP contribution in [-0.4, -0.2) is 24.9 Å². The summed E-state index contributed by atoms with van der Waals surface area (Å²) in [5.41, 5.74) is 4.66. The summed E-state index contributed by atoms with van der Waals surface area (Å²) in [7, 11) is -1.86. The molecule has 1 aromatic heterocycles. The molecule has 0 aliphatic rings. The molecule has 0 aliphatic heterocycles. The van der Waals surface area contributed by atoms with Crippen LogP contribution in [0.1, 0.15) is 11.1 Å². The molecule has 198 valence electrons. The largest absolute Gasteiger partial charge is 0.345 e. The van der Waals surface area contributed by atoms with Crippen LogP contribution in [-0.2, 0) is 6.17 Å². The van der Waals surface area contributed by atoms with Gasteiger partial charge in [0.15, 0.2) is 8.07 Å². The van der Waals surface area contributed by atoms with E-state index in [0.29, 0.717) is 0 Å². The van der Waals surface area contributed by atoms with E-state index in [1.165, 1.54) is 32.2 Å². The number of hydrogen-bond acceptors (Lipinski definition) is 1. The molecule has 6 aromatic rings. The highest BCUT2D eigenvalue weighted by atomic mass is 35.5. The van der Waals surface area contributed by atoms with Gasteiger partial charge >= 0.3 is 0 Å². The molecule has 5 aromatic carbocycles. The second kappa shape index (κ2) is 12.4. The Kier molecular flexibility index (Phi) is 8.13. The first-order chi connectivity index (χ1) is 20.2. The quantitative estimate of drug-likeness (QED) is 0.129. The van der Waals surface area contributed by atoms with Crippen molar-refractivity contribution in [2.75, 3.05) is 0 Å². The van der Waals surface area contributed by atoms with Crippen molar-refractivity contribution in [3.05, 3.63) is 174 Å². The van der Waals surface area contributed by atoms with Crippen molar-refractivity contribution < 1.29 is 0 Å². The van der Waals surface area contributed by atoms with Crippen molar-refractivity contribution in [2.24, 2.45) is 0 Å². The van der Waals surface area contributed by atoms with E-state index in [-0.39, 0.29) is 0 Å². The molecule has 0 fully saturated rings. The predicted octanol–water partition coefficient (Wildman–Crippen LogP) is 5.51. The van der Waals surface area contributed by atoms with Crippen molar-refractivity contribution in [1.29, 1.82) is 0 Å². The fourth-order valence-electron chi connectivity index (χ4n) is 5.69. The summed E-state index contributed by atoms with van der Waals surface area (Å²) in [6.07, 6.45) is 7.17. The van der Waals surface area contributed by atoms with Crippen molar-refractivity contribution in [1.82, 2.24) is 9.55 Å². The van der Waals surface area contributed by atoms with E-state index in [0.717, 1.165) is 24.2 Å². The maximum absolute atomic E-state index is 6.65. The number of imidazole rings is 1. The van der Waals surface area contributed by atoms with Gasteiger partial charge in [0.1, 0.15) is 0 Å². The van der Waals surface area contributed by atoms with E-state index < -0.39 is 8.07 Å². The molecule has 41 heavy (non-hydrogen) atoms. The summed E-state index contributed by atoms with van der Waals surface area (Å²) in [4.78, 5) is 4.92. The van der Waals surface area contributed by atoms with Crippen LogP contribution in [0.15, 0.2) is 158 Å². The Morgan fingerprint density at radius 1 is 0.683 bits per heavy atom. The lowest BCUT2D eigenvalue weighted by Crippen LogP contribution is -2.70. The molecule has 2 nitrogen and oxygen atoms in total. The minimum Gasteiger partial charge on any atom is -0.345 e. The van der Waals surface area contributed by atoms with Crippen LogP contribution in [0.3, 0.4) is 0 Å². The molecule has 5 heteroatoms. The van der Waals surface area contributed by atoms with Gasteiger partial charge in [0.05, 0.1) is 5.72 Å². The Morgan fingerprint density at radius 2 is 1.24 bits per heavy atom. The summed E-state index contributed by atoms with van der Waals surface area (Å²) in [5, 5.41) is 4.73. The van der Waals surface area contributed by atoms with Crippen LogP contribution in [0.4, 0.5) is 0 Å². The third-order valence-corrected chi connectivity index (χ3v) is 12.7. The van der Waals surface area contributed by atoms with Crippen molar-refractivity contribution in [2.45, 2.75) is 6.17 Å². The van der Waals surface area contributed by atoms with Gasteiger partial charge in [-0.3, -0.25) is 4.98 Å². The zero-order chi connectivity index (χ0) is 27.9. The van der Waals surface area contributed by atoms with Gasteiger partial charge in [-0.2, -0.15) is 0 Å². The number of benzene rings is 5. The molecule has 0 N–H and O–H groups in total. The average molecular weight is 565 g/mol. The second-order valence-electron chi connectivity index (χ2n) is 10.2. The normalized spacial score (nSPS) is 11.8. The number of hydrogen-bond donors (Lipinski definition) is 0. The summed E-state index contributed by atoms with van der Waals surface area (Å²) >= 11 is 6.65. The Balaban J connectivity index is 1.49. The molecule has 0 amide bonds. The third-order valence-electron chi connectivity index (χ3n) is 7.69. The van der Waals surface area contributed by atoms with Gasteiger partial charge < -0.3 is 4.57 Å². The highest BCUT2D eigenvalue weighted by Gasteiger charge is 2.40. The molecule has 0 aliphatic carbocycles. The van der Waals surface area contributed by atoms with Crippen molar-refractivity contribution in [3.63, 3.8) is 0 Å². The minimum atomic E-state index is -2.58. The molecule has 0 atom stereocenters. The lowest BCUT2D eigenvalue weighted by molar-refractivity contribution is 0.893. The van der Waals surface area contributed by atoms with E-state index in [9.17, 15) is 0 Å². The van der Waals surface area contributed by atoms with E-state index in [2.05, 4.69) is 156 Å². The van der Waals surface area contributed by atoms with Crippen LogP contribution in [0, 0.1) is 0 Å². The van der Waals surface area contributed by atoms with E-state index >= 15 is 0 Å². The number of nitrogens with zero attached hydrogens (tertiary/aromatic N) is 2.